The Morgan fingerprint density at radius 1 is 1.29 bits per heavy atom. The fourth-order valence-corrected chi connectivity index (χ4v) is 3.19. The Kier molecular flexibility index (Phi) is 4.96. The van der Waals surface area contributed by atoms with E-state index in [0.29, 0.717) is 57.1 Å². The van der Waals surface area contributed by atoms with Crippen molar-refractivity contribution < 1.29 is 19.6 Å². The van der Waals surface area contributed by atoms with Gasteiger partial charge in [0.1, 0.15) is 5.69 Å². The van der Waals surface area contributed by atoms with Crippen molar-refractivity contribution in [3.05, 3.63) is 33.9 Å². The molecule has 8 heteroatoms. The second-order valence-corrected chi connectivity index (χ2v) is 6.11. The zero-order valence-corrected chi connectivity index (χ0v) is 13.4. The fraction of sp³-hybridized carbons (Fsp3) is 0.562. The number of nitro benzene ring substituents is 1. The Labute approximate surface area is 139 Å². The van der Waals surface area contributed by atoms with Crippen molar-refractivity contribution in [2.45, 2.75) is 18.9 Å². The predicted octanol–water partition coefficient (Wildman–Crippen LogP) is 1.03. The molecule has 1 unspecified atom stereocenters. The number of aliphatic hydroxyl groups excluding tert-OH is 1. The largest absolute Gasteiger partial charge is 0.391 e. The molecule has 1 atom stereocenters. The average Bonchev–Trinajstić information content (AvgIpc) is 2.61. The molecule has 24 heavy (non-hydrogen) atoms. The molecule has 8 nitrogen and oxygen atoms in total. The van der Waals surface area contributed by atoms with Crippen LogP contribution in [0.15, 0.2) is 18.2 Å². The highest BCUT2D eigenvalue weighted by atomic mass is 16.6. The van der Waals surface area contributed by atoms with E-state index < -0.39 is 11.0 Å². The van der Waals surface area contributed by atoms with Crippen LogP contribution < -0.4 is 4.90 Å². The lowest BCUT2D eigenvalue weighted by Crippen LogP contribution is -2.41. The van der Waals surface area contributed by atoms with Crippen molar-refractivity contribution in [3.8, 4) is 0 Å². The van der Waals surface area contributed by atoms with Gasteiger partial charge in [-0.1, -0.05) is 0 Å². The van der Waals surface area contributed by atoms with Gasteiger partial charge in [0.15, 0.2) is 0 Å². The van der Waals surface area contributed by atoms with E-state index in [9.17, 15) is 20.0 Å². The summed E-state index contributed by atoms with van der Waals surface area (Å²) in [6, 6.07) is 4.58. The van der Waals surface area contributed by atoms with E-state index >= 15 is 0 Å². The number of hydrogen-bond acceptors (Lipinski definition) is 6. The number of hydrogen-bond donors (Lipinski definition) is 1. The van der Waals surface area contributed by atoms with Gasteiger partial charge in [-0.2, -0.15) is 0 Å². The summed E-state index contributed by atoms with van der Waals surface area (Å²) in [6.45, 7) is 2.99. The first-order valence-electron chi connectivity index (χ1n) is 8.15. The maximum atomic E-state index is 12.5. The van der Waals surface area contributed by atoms with Crippen molar-refractivity contribution in [1.29, 1.82) is 0 Å². The smallest absolute Gasteiger partial charge is 0.293 e. The maximum Gasteiger partial charge on any atom is 0.293 e. The Hall–Kier alpha value is -2.19. The van der Waals surface area contributed by atoms with E-state index in [-0.39, 0.29) is 11.6 Å². The molecule has 0 radical (unpaired) electrons. The minimum atomic E-state index is -0.479. The van der Waals surface area contributed by atoms with E-state index in [1.807, 2.05) is 4.90 Å². The Balaban J connectivity index is 1.86. The van der Waals surface area contributed by atoms with Crippen molar-refractivity contribution in [3.63, 3.8) is 0 Å². The molecule has 0 aliphatic carbocycles. The van der Waals surface area contributed by atoms with Gasteiger partial charge in [0.2, 0.25) is 0 Å². The zero-order chi connectivity index (χ0) is 17.1. The molecule has 1 aromatic rings. The summed E-state index contributed by atoms with van der Waals surface area (Å²) in [6.07, 6.45) is 1.01. The highest BCUT2D eigenvalue weighted by Crippen LogP contribution is 2.31. The molecule has 1 N–H and O–H groups in total. The lowest BCUT2D eigenvalue weighted by molar-refractivity contribution is -0.384. The molecule has 1 amide bonds. The van der Waals surface area contributed by atoms with Gasteiger partial charge in [-0.25, -0.2) is 0 Å². The number of nitrogens with zero attached hydrogens (tertiary/aromatic N) is 3. The topological polar surface area (TPSA) is 96.2 Å². The van der Waals surface area contributed by atoms with Crippen LogP contribution in [0.5, 0.6) is 0 Å². The zero-order valence-electron chi connectivity index (χ0n) is 13.4. The van der Waals surface area contributed by atoms with Gasteiger partial charge in [0.05, 0.1) is 24.2 Å². The highest BCUT2D eigenvalue weighted by molar-refractivity contribution is 5.96. The van der Waals surface area contributed by atoms with Gasteiger partial charge in [-0.15, -0.1) is 0 Å². The molecule has 3 rings (SSSR count). The van der Waals surface area contributed by atoms with Crippen LogP contribution >= 0.6 is 0 Å². The molecule has 0 spiro atoms. The third-order valence-electron chi connectivity index (χ3n) is 4.45. The van der Waals surface area contributed by atoms with Gasteiger partial charge < -0.3 is 19.6 Å². The lowest BCUT2D eigenvalue weighted by Gasteiger charge is -2.32. The predicted molar refractivity (Wildman–Crippen MR) is 87.3 cm³/mol. The molecule has 2 aliphatic heterocycles. The molecule has 0 bridgehead atoms. The first-order chi connectivity index (χ1) is 11.6. The molecule has 2 saturated heterocycles. The number of rotatable bonds is 3. The van der Waals surface area contributed by atoms with Gasteiger partial charge in [0.25, 0.3) is 11.6 Å². The van der Waals surface area contributed by atoms with Crippen LogP contribution in [0.4, 0.5) is 11.4 Å². The summed E-state index contributed by atoms with van der Waals surface area (Å²) in [4.78, 5) is 27.0. The fourth-order valence-electron chi connectivity index (χ4n) is 3.19. The van der Waals surface area contributed by atoms with E-state index in [1.54, 1.807) is 17.0 Å². The standard InChI is InChI=1S/C16H21N3O5/c20-13-2-1-5-18(11-13)14-4-3-12(10-15(14)19(22)23)16(21)17-6-8-24-9-7-17/h3-4,10,13,20H,1-2,5-9,11H2. The van der Waals surface area contributed by atoms with Crippen LogP contribution in [0, 0.1) is 10.1 Å². The van der Waals surface area contributed by atoms with Crippen LogP contribution in [-0.2, 0) is 4.74 Å². The normalized spacial score (nSPS) is 21.6. The van der Waals surface area contributed by atoms with E-state index in [4.69, 9.17) is 4.74 Å². The molecule has 0 aromatic heterocycles. The second kappa shape index (κ2) is 7.14. The number of carbonyl (C=O) groups is 1. The quantitative estimate of drug-likeness (QED) is 0.655. The Morgan fingerprint density at radius 3 is 2.71 bits per heavy atom. The summed E-state index contributed by atoms with van der Waals surface area (Å²) in [7, 11) is 0. The molecule has 2 fully saturated rings. The first kappa shape index (κ1) is 16.7. The van der Waals surface area contributed by atoms with E-state index in [0.717, 1.165) is 6.42 Å². The van der Waals surface area contributed by atoms with Crippen molar-refractivity contribution in [1.82, 2.24) is 4.90 Å². The van der Waals surface area contributed by atoms with Gasteiger partial charge in [-0.05, 0) is 25.0 Å². The summed E-state index contributed by atoms with van der Waals surface area (Å²) in [5.41, 5.74) is 0.672. The third kappa shape index (κ3) is 3.49. The maximum absolute atomic E-state index is 12.5. The molecule has 0 saturated carbocycles. The minimum Gasteiger partial charge on any atom is -0.391 e. The third-order valence-corrected chi connectivity index (χ3v) is 4.45. The number of aliphatic hydroxyl groups is 1. The number of morpholine rings is 1. The van der Waals surface area contributed by atoms with E-state index in [1.165, 1.54) is 6.07 Å². The highest BCUT2D eigenvalue weighted by Gasteiger charge is 2.27. The van der Waals surface area contributed by atoms with Crippen molar-refractivity contribution in [2.24, 2.45) is 0 Å². The number of carbonyl (C=O) groups excluding carboxylic acids is 1. The number of β-amino-alcohol motifs (C(OH)–C–C–N with tert-alkyl or cyclic N) is 1. The number of amides is 1. The monoisotopic (exact) mass is 335 g/mol. The van der Waals surface area contributed by atoms with Crippen molar-refractivity contribution >= 4 is 17.3 Å². The summed E-state index contributed by atoms with van der Waals surface area (Å²) < 4.78 is 5.22. The van der Waals surface area contributed by atoms with Gasteiger partial charge >= 0.3 is 0 Å². The van der Waals surface area contributed by atoms with Crippen LogP contribution in [0.3, 0.4) is 0 Å². The summed E-state index contributed by atoms with van der Waals surface area (Å²) >= 11 is 0. The van der Waals surface area contributed by atoms with Gasteiger partial charge in [0, 0.05) is 37.8 Å². The van der Waals surface area contributed by atoms with Crippen molar-refractivity contribution in [2.75, 3.05) is 44.3 Å². The molecular weight excluding hydrogens is 314 g/mol. The molecule has 2 heterocycles. The van der Waals surface area contributed by atoms with Crippen LogP contribution in [0.1, 0.15) is 23.2 Å². The second-order valence-electron chi connectivity index (χ2n) is 6.11. The molecule has 1 aromatic carbocycles. The average molecular weight is 335 g/mol. The first-order valence-corrected chi connectivity index (χ1v) is 8.15. The van der Waals surface area contributed by atoms with E-state index in [2.05, 4.69) is 0 Å². The summed E-state index contributed by atoms with van der Waals surface area (Å²) in [5.74, 6) is -0.216. The number of ether oxygens (including phenoxy) is 1. The van der Waals surface area contributed by atoms with Crippen LogP contribution in [0.2, 0.25) is 0 Å². The van der Waals surface area contributed by atoms with Crippen LogP contribution in [0.25, 0.3) is 0 Å². The summed E-state index contributed by atoms with van der Waals surface area (Å²) in [5, 5.41) is 21.3. The Bertz CT molecular complexity index is 630. The Morgan fingerprint density at radius 2 is 2.04 bits per heavy atom. The SMILES string of the molecule is O=C(c1ccc(N2CCCC(O)C2)c([N+](=O)[O-])c1)N1CCOCC1. The molecular formula is C16H21N3O5. The number of nitro groups is 1. The number of anilines is 1. The molecule has 130 valence electrons. The van der Waals surface area contributed by atoms with Gasteiger partial charge in [-0.3, -0.25) is 14.9 Å². The van der Waals surface area contributed by atoms with Crippen LogP contribution in [-0.4, -0.2) is 66.3 Å². The number of piperidine rings is 1. The number of benzene rings is 1. The lowest BCUT2D eigenvalue weighted by atomic mass is 10.1. The molecule has 2 aliphatic rings. The minimum absolute atomic E-state index is 0.0943.